The van der Waals surface area contributed by atoms with Crippen molar-refractivity contribution in [1.82, 2.24) is 4.73 Å². The number of benzene rings is 1. The molecule has 0 amide bonds. The number of fused-ring (bicyclic) bond motifs is 1. The maximum Gasteiger partial charge on any atom is 0.326 e. The third-order valence-electron chi connectivity index (χ3n) is 3.15. The van der Waals surface area contributed by atoms with E-state index < -0.39 is 18.0 Å². The summed E-state index contributed by atoms with van der Waals surface area (Å²) in [6.45, 7) is 0. The SMILES string of the molecule is COn1cc(N[C@@H](CCC(=O)O)C(=O)O)c2ccccc21. The molecule has 3 N–H and O–H groups in total. The predicted molar refractivity (Wildman–Crippen MR) is 76.4 cm³/mol. The smallest absolute Gasteiger partial charge is 0.326 e. The molecule has 0 spiro atoms. The van der Waals surface area contributed by atoms with Crippen molar-refractivity contribution in [2.45, 2.75) is 18.9 Å². The van der Waals surface area contributed by atoms with Crippen molar-refractivity contribution >= 4 is 28.5 Å². The van der Waals surface area contributed by atoms with Crippen molar-refractivity contribution in [3.05, 3.63) is 30.5 Å². The van der Waals surface area contributed by atoms with Crippen molar-refractivity contribution in [3.8, 4) is 0 Å². The van der Waals surface area contributed by atoms with Crippen LogP contribution in [0.15, 0.2) is 30.5 Å². The van der Waals surface area contributed by atoms with Gasteiger partial charge in [0.2, 0.25) is 0 Å². The van der Waals surface area contributed by atoms with E-state index in [0.29, 0.717) is 5.69 Å². The molecule has 0 bridgehead atoms. The Morgan fingerprint density at radius 1 is 1.33 bits per heavy atom. The van der Waals surface area contributed by atoms with E-state index >= 15 is 0 Å². The number of nitrogens with one attached hydrogen (secondary N) is 1. The zero-order valence-corrected chi connectivity index (χ0v) is 11.4. The Hall–Kier alpha value is -2.70. The summed E-state index contributed by atoms with van der Waals surface area (Å²) in [4.78, 5) is 27.0. The maximum atomic E-state index is 11.2. The molecule has 7 nitrogen and oxygen atoms in total. The Morgan fingerprint density at radius 2 is 2.05 bits per heavy atom. The normalized spacial score (nSPS) is 12.0. The molecule has 0 saturated heterocycles. The number of nitrogens with zero attached hydrogens (tertiary/aromatic N) is 1. The van der Waals surface area contributed by atoms with E-state index in [1.807, 2.05) is 24.3 Å². The highest BCUT2D eigenvalue weighted by molar-refractivity contribution is 5.94. The predicted octanol–water partition coefficient (Wildman–Crippen LogP) is 1.43. The minimum Gasteiger partial charge on any atom is -0.481 e. The van der Waals surface area contributed by atoms with Crippen LogP contribution in [0.5, 0.6) is 0 Å². The molecule has 2 rings (SSSR count). The minimum atomic E-state index is -1.09. The molecule has 0 aliphatic heterocycles. The van der Waals surface area contributed by atoms with Crippen LogP contribution in [0.1, 0.15) is 12.8 Å². The van der Waals surface area contributed by atoms with Gasteiger partial charge in [-0.05, 0) is 12.5 Å². The van der Waals surface area contributed by atoms with Gasteiger partial charge < -0.3 is 20.4 Å². The maximum absolute atomic E-state index is 11.2. The Morgan fingerprint density at radius 3 is 2.67 bits per heavy atom. The van der Waals surface area contributed by atoms with Crippen molar-refractivity contribution < 1.29 is 24.6 Å². The lowest BCUT2D eigenvalue weighted by atomic mass is 10.1. The first-order valence-electron chi connectivity index (χ1n) is 6.38. The van der Waals surface area contributed by atoms with Crippen LogP contribution in [0.4, 0.5) is 5.69 Å². The standard InChI is InChI=1S/C14H16N2O5/c1-21-16-8-11(9-4-2-3-5-12(9)16)15-10(14(19)20)6-7-13(17)18/h2-5,8,10,15H,6-7H2,1H3,(H,17,18)(H,19,20)/t10-/m0/s1. The van der Waals surface area contributed by atoms with Crippen molar-refractivity contribution in [2.75, 3.05) is 12.4 Å². The van der Waals surface area contributed by atoms with Gasteiger partial charge in [0.25, 0.3) is 0 Å². The number of carbonyl (C=O) groups is 2. The molecule has 7 heteroatoms. The van der Waals surface area contributed by atoms with Gasteiger partial charge in [-0.3, -0.25) is 4.79 Å². The van der Waals surface area contributed by atoms with E-state index in [0.717, 1.165) is 10.9 Å². The molecule has 0 aliphatic carbocycles. The lowest BCUT2D eigenvalue weighted by Crippen LogP contribution is -2.29. The van der Waals surface area contributed by atoms with Crippen LogP contribution in [0.3, 0.4) is 0 Å². The van der Waals surface area contributed by atoms with Crippen LogP contribution in [0.25, 0.3) is 10.9 Å². The van der Waals surface area contributed by atoms with Gasteiger partial charge in [-0.1, -0.05) is 18.2 Å². The van der Waals surface area contributed by atoms with Crippen LogP contribution < -0.4 is 10.2 Å². The van der Waals surface area contributed by atoms with E-state index in [4.69, 9.17) is 9.94 Å². The molecule has 0 fully saturated rings. The topological polar surface area (TPSA) is 101 Å². The summed E-state index contributed by atoms with van der Waals surface area (Å²) < 4.78 is 1.52. The Bertz CT molecular complexity index is 664. The second-order valence-corrected chi connectivity index (χ2v) is 4.54. The monoisotopic (exact) mass is 292 g/mol. The van der Waals surface area contributed by atoms with Gasteiger partial charge in [0.05, 0.1) is 17.4 Å². The number of hydrogen-bond acceptors (Lipinski definition) is 4. The number of hydrogen-bond donors (Lipinski definition) is 3. The van der Waals surface area contributed by atoms with Gasteiger partial charge in [-0.25, -0.2) is 4.79 Å². The molecule has 0 unspecified atom stereocenters. The molecule has 2 aromatic rings. The fourth-order valence-corrected chi connectivity index (χ4v) is 2.13. The number of aromatic nitrogens is 1. The number of aliphatic carboxylic acids is 2. The number of para-hydroxylation sites is 1. The summed E-state index contributed by atoms with van der Waals surface area (Å²) >= 11 is 0. The molecule has 0 aliphatic rings. The lowest BCUT2D eigenvalue weighted by molar-refractivity contribution is -0.139. The highest BCUT2D eigenvalue weighted by Crippen LogP contribution is 2.26. The molecule has 1 aromatic carbocycles. The minimum absolute atomic E-state index is 0.00282. The van der Waals surface area contributed by atoms with Gasteiger partial charge in [0.1, 0.15) is 13.2 Å². The van der Waals surface area contributed by atoms with Crippen LogP contribution in [0, 0.1) is 0 Å². The Kier molecular flexibility index (Phi) is 4.32. The van der Waals surface area contributed by atoms with Crippen LogP contribution in [-0.4, -0.2) is 40.0 Å². The van der Waals surface area contributed by atoms with E-state index in [-0.39, 0.29) is 12.8 Å². The second-order valence-electron chi connectivity index (χ2n) is 4.54. The van der Waals surface area contributed by atoms with Gasteiger partial charge in [-0.2, -0.15) is 4.73 Å². The van der Waals surface area contributed by atoms with Crippen molar-refractivity contribution in [3.63, 3.8) is 0 Å². The summed E-state index contributed by atoms with van der Waals surface area (Å²) in [6, 6.07) is 6.39. The largest absolute Gasteiger partial charge is 0.481 e. The average molecular weight is 292 g/mol. The van der Waals surface area contributed by atoms with E-state index in [9.17, 15) is 14.7 Å². The van der Waals surface area contributed by atoms with Gasteiger partial charge in [0, 0.05) is 11.8 Å². The zero-order chi connectivity index (χ0) is 15.4. The summed E-state index contributed by atoms with van der Waals surface area (Å²) in [6.07, 6.45) is 1.42. The quantitative estimate of drug-likeness (QED) is 0.713. The molecule has 0 saturated carbocycles. The van der Waals surface area contributed by atoms with Gasteiger partial charge in [-0.15, -0.1) is 0 Å². The first-order chi connectivity index (χ1) is 10.0. The van der Waals surface area contributed by atoms with Crippen LogP contribution >= 0.6 is 0 Å². The van der Waals surface area contributed by atoms with E-state index in [1.54, 1.807) is 6.20 Å². The molecular formula is C14H16N2O5. The summed E-state index contributed by atoms with van der Waals surface area (Å²) in [5.41, 5.74) is 1.38. The highest BCUT2D eigenvalue weighted by atomic mass is 16.6. The fourth-order valence-electron chi connectivity index (χ4n) is 2.13. The van der Waals surface area contributed by atoms with Gasteiger partial charge >= 0.3 is 11.9 Å². The molecule has 112 valence electrons. The Balaban J connectivity index is 2.28. The summed E-state index contributed by atoms with van der Waals surface area (Å²) in [7, 11) is 1.51. The number of carboxylic acids is 2. The third-order valence-corrected chi connectivity index (χ3v) is 3.15. The summed E-state index contributed by atoms with van der Waals surface area (Å²) in [5.74, 6) is -2.12. The first kappa shape index (κ1) is 14.7. The average Bonchev–Trinajstić information content (AvgIpc) is 2.81. The van der Waals surface area contributed by atoms with Crippen molar-refractivity contribution in [1.29, 1.82) is 0 Å². The molecule has 1 heterocycles. The molecule has 1 atom stereocenters. The van der Waals surface area contributed by atoms with E-state index in [2.05, 4.69) is 5.32 Å². The lowest BCUT2D eigenvalue weighted by Gasteiger charge is -2.13. The highest BCUT2D eigenvalue weighted by Gasteiger charge is 2.20. The molecule has 0 radical (unpaired) electrons. The van der Waals surface area contributed by atoms with E-state index in [1.165, 1.54) is 11.8 Å². The fraction of sp³-hybridized carbons (Fsp3) is 0.286. The number of rotatable bonds is 7. The second kappa shape index (κ2) is 6.17. The third kappa shape index (κ3) is 3.25. The summed E-state index contributed by atoms with van der Waals surface area (Å²) in [5, 5.41) is 21.5. The molecule has 1 aromatic heterocycles. The van der Waals surface area contributed by atoms with Crippen LogP contribution in [0.2, 0.25) is 0 Å². The number of carboxylic acid groups (broad SMARTS) is 2. The van der Waals surface area contributed by atoms with Crippen molar-refractivity contribution in [2.24, 2.45) is 0 Å². The Labute approximate surface area is 120 Å². The first-order valence-corrected chi connectivity index (χ1v) is 6.38. The molecular weight excluding hydrogens is 276 g/mol. The zero-order valence-electron chi connectivity index (χ0n) is 11.4. The van der Waals surface area contributed by atoms with Gasteiger partial charge in [0.15, 0.2) is 0 Å². The molecule has 21 heavy (non-hydrogen) atoms. The number of anilines is 1. The van der Waals surface area contributed by atoms with Crippen LogP contribution in [-0.2, 0) is 9.59 Å².